The molecule has 0 bridgehead atoms. The van der Waals surface area contributed by atoms with Crippen LogP contribution in [0.25, 0.3) is 0 Å². The maximum absolute atomic E-state index is 5.81. The Morgan fingerprint density at radius 1 is 1.41 bits per heavy atom. The van der Waals surface area contributed by atoms with E-state index in [0.29, 0.717) is 6.10 Å². The molecule has 2 unspecified atom stereocenters. The van der Waals surface area contributed by atoms with Gasteiger partial charge in [-0.2, -0.15) is 0 Å². The Labute approximate surface area is 110 Å². The van der Waals surface area contributed by atoms with Crippen molar-refractivity contribution in [3.8, 4) is 0 Å². The van der Waals surface area contributed by atoms with Crippen molar-refractivity contribution in [2.24, 2.45) is 0 Å². The van der Waals surface area contributed by atoms with Crippen LogP contribution in [0.4, 0.5) is 5.82 Å². The zero-order chi connectivity index (χ0) is 12.4. The maximum Gasteiger partial charge on any atom is 0.159 e. The van der Waals surface area contributed by atoms with Gasteiger partial charge in [-0.05, 0) is 49.5 Å². The summed E-state index contributed by atoms with van der Waals surface area (Å²) in [5, 5.41) is 3.24. The van der Waals surface area contributed by atoms with E-state index in [9.17, 15) is 0 Å². The van der Waals surface area contributed by atoms with Crippen molar-refractivity contribution < 1.29 is 4.74 Å². The molecule has 2 atom stereocenters. The lowest BCUT2D eigenvalue weighted by Crippen LogP contribution is -2.10. The molecule has 5 heteroatoms. The van der Waals surface area contributed by atoms with Gasteiger partial charge in [0.05, 0.1) is 16.3 Å². The fraction of sp³-hybridized carbons (Fsp3) is 0.667. The van der Waals surface area contributed by atoms with Crippen molar-refractivity contribution in [3.63, 3.8) is 0 Å². The van der Waals surface area contributed by atoms with Crippen LogP contribution in [-0.4, -0.2) is 22.6 Å². The summed E-state index contributed by atoms with van der Waals surface area (Å²) in [7, 11) is 0. The van der Waals surface area contributed by atoms with Gasteiger partial charge in [0.2, 0.25) is 0 Å². The van der Waals surface area contributed by atoms with Gasteiger partial charge in [-0.3, -0.25) is 0 Å². The Balaban J connectivity index is 2.28. The summed E-state index contributed by atoms with van der Waals surface area (Å²) in [5.74, 6) is 1.66. The molecule has 0 aromatic carbocycles. The standard InChI is InChI=1S/C12H18BrN3O/c1-4-14-12-10(13)8(3)15-11(16-12)9-6-5-7(2)17-9/h7,9H,4-6H2,1-3H3,(H,14,15,16). The van der Waals surface area contributed by atoms with Gasteiger partial charge < -0.3 is 10.1 Å². The van der Waals surface area contributed by atoms with Crippen molar-refractivity contribution in [2.75, 3.05) is 11.9 Å². The molecule has 1 aromatic heterocycles. The van der Waals surface area contributed by atoms with Gasteiger partial charge in [0.25, 0.3) is 0 Å². The number of anilines is 1. The van der Waals surface area contributed by atoms with Crippen LogP contribution in [0.5, 0.6) is 0 Å². The first-order valence-corrected chi connectivity index (χ1v) is 6.84. The van der Waals surface area contributed by atoms with Gasteiger partial charge in [0, 0.05) is 6.54 Å². The minimum Gasteiger partial charge on any atom is -0.369 e. The van der Waals surface area contributed by atoms with E-state index in [0.717, 1.165) is 41.2 Å². The zero-order valence-corrected chi connectivity index (χ0v) is 12.0. The summed E-state index contributed by atoms with van der Waals surface area (Å²) in [6.45, 7) is 6.97. The summed E-state index contributed by atoms with van der Waals surface area (Å²) < 4.78 is 6.75. The van der Waals surface area contributed by atoms with Gasteiger partial charge in [0.15, 0.2) is 5.82 Å². The van der Waals surface area contributed by atoms with E-state index in [1.165, 1.54) is 0 Å². The van der Waals surface area contributed by atoms with E-state index in [-0.39, 0.29) is 6.10 Å². The summed E-state index contributed by atoms with van der Waals surface area (Å²) in [6, 6.07) is 0. The molecule has 4 nitrogen and oxygen atoms in total. The molecule has 2 rings (SSSR count). The number of ether oxygens (including phenoxy) is 1. The molecule has 94 valence electrons. The summed E-state index contributed by atoms with van der Waals surface area (Å²) in [4.78, 5) is 9.05. The second kappa shape index (κ2) is 5.31. The van der Waals surface area contributed by atoms with E-state index < -0.39 is 0 Å². The van der Waals surface area contributed by atoms with Crippen LogP contribution in [0.2, 0.25) is 0 Å². The number of nitrogens with one attached hydrogen (secondary N) is 1. The highest BCUT2D eigenvalue weighted by atomic mass is 79.9. The van der Waals surface area contributed by atoms with Gasteiger partial charge in [-0.25, -0.2) is 9.97 Å². The second-order valence-electron chi connectivity index (χ2n) is 4.37. The average molecular weight is 300 g/mol. The van der Waals surface area contributed by atoms with Crippen LogP contribution >= 0.6 is 15.9 Å². The maximum atomic E-state index is 5.81. The molecule has 0 radical (unpaired) electrons. The van der Waals surface area contributed by atoms with E-state index in [1.807, 2.05) is 6.92 Å². The number of nitrogens with zero attached hydrogens (tertiary/aromatic N) is 2. The zero-order valence-electron chi connectivity index (χ0n) is 10.5. The lowest BCUT2D eigenvalue weighted by atomic mass is 10.2. The molecule has 1 aliphatic rings. The van der Waals surface area contributed by atoms with Gasteiger partial charge >= 0.3 is 0 Å². The van der Waals surface area contributed by atoms with Crippen LogP contribution in [0.3, 0.4) is 0 Å². The van der Waals surface area contributed by atoms with E-state index in [1.54, 1.807) is 0 Å². The molecule has 0 amide bonds. The molecular formula is C12H18BrN3O. The van der Waals surface area contributed by atoms with Crippen LogP contribution in [0.1, 0.15) is 44.3 Å². The Morgan fingerprint density at radius 3 is 2.76 bits per heavy atom. The molecule has 2 heterocycles. The monoisotopic (exact) mass is 299 g/mol. The van der Waals surface area contributed by atoms with Crippen LogP contribution in [0.15, 0.2) is 4.47 Å². The Kier molecular flexibility index (Phi) is 3.99. The Hall–Kier alpha value is -0.680. The second-order valence-corrected chi connectivity index (χ2v) is 5.17. The quantitative estimate of drug-likeness (QED) is 0.931. The fourth-order valence-corrected chi connectivity index (χ4v) is 2.32. The highest BCUT2D eigenvalue weighted by Crippen LogP contribution is 2.33. The first-order valence-electron chi connectivity index (χ1n) is 6.05. The topological polar surface area (TPSA) is 47.0 Å². The molecule has 0 aliphatic carbocycles. The van der Waals surface area contributed by atoms with E-state index >= 15 is 0 Å². The number of aryl methyl sites for hydroxylation is 1. The number of rotatable bonds is 3. The normalized spacial score (nSPS) is 24.0. The summed E-state index contributed by atoms with van der Waals surface area (Å²) in [5.41, 5.74) is 0.953. The molecule has 1 aromatic rings. The third kappa shape index (κ3) is 2.77. The highest BCUT2D eigenvalue weighted by Gasteiger charge is 2.26. The predicted molar refractivity (Wildman–Crippen MR) is 71.2 cm³/mol. The smallest absolute Gasteiger partial charge is 0.159 e. The van der Waals surface area contributed by atoms with Crippen molar-refractivity contribution in [1.82, 2.24) is 9.97 Å². The molecule has 1 aliphatic heterocycles. The first kappa shape index (κ1) is 12.8. The largest absolute Gasteiger partial charge is 0.369 e. The van der Waals surface area contributed by atoms with Crippen molar-refractivity contribution in [1.29, 1.82) is 0 Å². The number of halogens is 1. The number of aromatic nitrogens is 2. The Bertz CT molecular complexity index is 411. The van der Waals surface area contributed by atoms with Gasteiger partial charge in [-0.1, -0.05) is 0 Å². The molecule has 0 saturated carbocycles. The number of hydrogen-bond acceptors (Lipinski definition) is 4. The van der Waals surface area contributed by atoms with E-state index in [4.69, 9.17) is 4.74 Å². The minimum absolute atomic E-state index is 0.0502. The highest BCUT2D eigenvalue weighted by molar-refractivity contribution is 9.10. The van der Waals surface area contributed by atoms with Crippen molar-refractivity contribution in [2.45, 2.75) is 45.8 Å². The molecule has 17 heavy (non-hydrogen) atoms. The molecular weight excluding hydrogens is 282 g/mol. The lowest BCUT2D eigenvalue weighted by molar-refractivity contribution is 0.0502. The molecule has 1 fully saturated rings. The van der Waals surface area contributed by atoms with Crippen LogP contribution < -0.4 is 5.32 Å². The fourth-order valence-electron chi connectivity index (χ4n) is 2.00. The third-order valence-electron chi connectivity index (χ3n) is 2.90. The molecule has 1 N–H and O–H groups in total. The van der Waals surface area contributed by atoms with Crippen LogP contribution in [0, 0.1) is 6.92 Å². The summed E-state index contributed by atoms with van der Waals surface area (Å²) >= 11 is 3.51. The summed E-state index contributed by atoms with van der Waals surface area (Å²) in [6.07, 6.45) is 2.46. The Morgan fingerprint density at radius 2 is 2.18 bits per heavy atom. The van der Waals surface area contributed by atoms with Gasteiger partial charge in [0.1, 0.15) is 11.9 Å². The number of hydrogen-bond donors (Lipinski definition) is 1. The lowest BCUT2D eigenvalue weighted by Gasteiger charge is -2.14. The third-order valence-corrected chi connectivity index (χ3v) is 3.85. The van der Waals surface area contributed by atoms with E-state index in [2.05, 4.69) is 45.1 Å². The average Bonchev–Trinajstić information content (AvgIpc) is 2.71. The predicted octanol–water partition coefficient (Wildman–Crippen LogP) is 3.22. The molecule has 0 spiro atoms. The van der Waals surface area contributed by atoms with Crippen molar-refractivity contribution in [3.05, 3.63) is 16.0 Å². The van der Waals surface area contributed by atoms with Crippen LogP contribution in [-0.2, 0) is 4.74 Å². The minimum atomic E-state index is 0.0502. The first-order chi connectivity index (χ1) is 8.11. The van der Waals surface area contributed by atoms with Gasteiger partial charge in [-0.15, -0.1) is 0 Å². The van der Waals surface area contributed by atoms with Crippen molar-refractivity contribution >= 4 is 21.7 Å². The molecule has 1 saturated heterocycles. The SMILES string of the molecule is CCNc1nc(C2CCC(C)O2)nc(C)c1Br.